The van der Waals surface area contributed by atoms with Gasteiger partial charge >= 0.3 is 0 Å². The molecule has 2 rings (SSSR count). The van der Waals surface area contributed by atoms with Crippen molar-refractivity contribution in [3.63, 3.8) is 0 Å². The van der Waals surface area contributed by atoms with Crippen molar-refractivity contribution in [2.75, 3.05) is 5.43 Å². The number of fused-ring (bicyclic) bond motifs is 1. The Hall–Kier alpha value is -2.86. The molecule has 0 fully saturated rings. The van der Waals surface area contributed by atoms with E-state index in [1.165, 1.54) is 0 Å². The number of benzene rings is 1. The summed E-state index contributed by atoms with van der Waals surface area (Å²) in [5, 5.41) is 20.8. The smallest absolute Gasteiger partial charge is 0.237 e. The van der Waals surface area contributed by atoms with Crippen LogP contribution in [0.1, 0.15) is 19.2 Å². The fourth-order valence-electron chi connectivity index (χ4n) is 1.56. The van der Waals surface area contributed by atoms with Crippen molar-refractivity contribution in [1.29, 1.82) is 10.5 Å². The lowest BCUT2D eigenvalue weighted by molar-refractivity contribution is 0.525. The van der Waals surface area contributed by atoms with Crippen LogP contribution in [0, 0.1) is 22.7 Å². The quantitative estimate of drug-likeness (QED) is 0.667. The Morgan fingerprint density at radius 3 is 2.89 bits per heavy atom. The summed E-state index contributed by atoms with van der Waals surface area (Å²) in [6, 6.07) is 8.63. The maximum absolute atomic E-state index is 8.57. The predicted molar refractivity (Wildman–Crippen MR) is 70.3 cm³/mol. The highest BCUT2D eigenvalue weighted by atomic mass is 16.3. The molecule has 0 saturated carbocycles. The topological polar surface area (TPSA) is 98.0 Å². The third kappa shape index (κ3) is 2.88. The third-order valence-electron chi connectivity index (χ3n) is 2.41. The Labute approximate surface area is 110 Å². The van der Waals surface area contributed by atoms with E-state index in [2.05, 4.69) is 22.4 Å². The summed E-state index contributed by atoms with van der Waals surface area (Å²) < 4.78 is 5.58. The van der Waals surface area contributed by atoms with Crippen LogP contribution in [-0.2, 0) is 6.42 Å². The highest BCUT2D eigenvalue weighted by molar-refractivity contribution is 6.10. The summed E-state index contributed by atoms with van der Waals surface area (Å²) in [5.74, 6) is 0.702. The number of nitrogens with zero attached hydrogens (tertiary/aromatic N) is 4. The summed E-state index contributed by atoms with van der Waals surface area (Å²) in [4.78, 5) is 4.34. The average Bonchev–Trinajstić information content (AvgIpc) is 2.82. The highest BCUT2D eigenvalue weighted by Crippen LogP contribution is 2.20. The van der Waals surface area contributed by atoms with Crippen molar-refractivity contribution < 1.29 is 4.42 Å². The van der Waals surface area contributed by atoms with Crippen molar-refractivity contribution in [2.24, 2.45) is 5.10 Å². The summed E-state index contributed by atoms with van der Waals surface area (Å²) in [7, 11) is 0. The second kappa shape index (κ2) is 5.65. The molecule has 1 aromatic heterocycles. The van der Waals surface area contributed by atoms with E-state index in [1.807, 2.05) is 0 Å². The van der Waals surface area contributed by atoms with E-state index in [-0.39, 0.29) is 5.71 Å². The van der Waals surface area contributed by atoms with Gasteiger partial charge in [0.25, 0.3) is 0 Å². The summed E-state index contributed by atoms with van der Waals surface area (Å²) >= 11 is 0. The van der Waals surface area contributed by atoms with Crippen LogP contribution in [0.2, 0.25) is 0 Å². The molecule has 2 aromatic rings. The molecule has 0 amide bonds. The molecule has 0 atom stereocenters. The zero-order valence-electron chi connectivity index (χ0n) is 10.3. The van der Waals surface area contributed by atoms with Crippen LogP contribution in [-0.4, -0.2) is 10.7 Å². The van der Waals surface area contributed by atoms with E-state index in [0.717, 1.165) is 18.4 Å². The third-order valence-corrected chi connectivity index (χ3v) is 2.41. The van der Waals surface area contributed by atoms with E-state index >= 15 is 0 Å². The molecule has 0 aliphatic heterocycles. The number of nitriles is 2. The van der Waals surface area contributed by atoms with Gasteiger partial charge in [-0.05, 0) is 18.6 Å². The molecule has 0 spiro atoms. The Balaban J connectivity index is 2.25. The van der Waals surface area contributed by atoms with Crippen LogP contribution < -0.4 is 5.43 Å². The molecule has 0 aliphatic carbocycles. The van der Waals surface area contributed by atoms with Gasteiger partial charge in [-0.2, -0.15) is 15.6 Å². The number of aromatic nitrogens is 1. The molecule has 6 heteroatoms. The van der Waals surface area contributed by atoms with Crippen LogP contribution in [0.25, 0.3) is 11.1 Å². The van der Waals surface area contributed by atoms with Crippen molar-refractivity contribution in [2.45, 2.75) is 19.8 Å². The number of anilines is 1. The van der Waals surface area contributed by atoms with Crippen LogP contribution in [0.15, 0.2) is 27.7 Å². The lowest BCUT2D eigenvalue weighted by Crippen LogP contribution is -1.95. The van der Waals surface area contributed by atoms with Gasteiger partial charge in [-0.25, -0.2) is 4.98 Å². The lowest BCUT2D eigenvalue weighted by atomic mass is 10.3. The second-order valence-corrected chi connectivity index (χ2v) is 3.84. The molecule has 0 radical (unpaired) electrons. The zero-order chi connectivity index (χ0) is 13.7. The number of rotatable bonds is 4. The van der Waals surface area contributed by atoms with E-state index in [1.54, 1.807) is 30.3 Å². The molecule has 1 heterocycles. The molecular weight excluding hydrogens is 242 g/mol. The van der Waals surface area contributed by atoms with Crippen molar-refractivity contribution in [1.82, 2.24) is 4.98 Å². The van der Waals surface area contributed by atoms with Gasteiger partial charge in [-0.1, -0.05) is 6.92 Å². The Morgan fingerprint density at radius 2 is 2.21 bits per heavy atom. The van der Waals surface area contributed by atoms with E-state index in [9.17, 15) is 0 Å². The predicted octanol–water partition coefficient (Wildman–Crippen LogP) is 2.60. The molecule has 94 valence electrons. The summed E-state index contributed by atoms with van der Waals surface area (Å²) in [6.45, 7) is 2.06. The molecule has 6 nitrogen and oxygen atoms in total. The largest absolute Gasteiger partial charge is 0.441 e. The molecule has 0 unspecified atom stereocenters. The Kier molecular flexibility index (Phi) is 3.75. The monoisotopic (exact) mass is 253 g/mol. The zero-order valence-corrected chi connectivity index (χ0v) is 10.3. The van der Waals surface area contributed by atoms with Crippen LogP contribution in [0.4, 0.5) is 5.69 Å². The molecule has 0 bridgehead atoms. The number of oxazole rings is 1. The van der Waals surface area contributed by atoms with E-state index in [0.29, 0.717) is 17.2 Å². The van der Waals surface area contributed by atoms with Gasteiger partial charge in [0.15, 0.2) is 11.5 Å². The molecular formula is C13H11N5O. The fraction of sp³-hybridized carbons (Fsp3) is 0.231. The lowest BCUT2D eigenvalue weighted by Gasteiger charge is -1.97. The first-order valence-corrected chi connectivity index (χ1v) is 5.80. The molecule has 1 aromatic carbocycles. The Bertz CT molecular complexity index is 686. The van der Waals surface area contributed by atoms with Gasteiger partial charge < -0.3 is 4.42 Å². The number of hydrazone groups is 1. The van der Waals surface area contributed by atoms with Gasteiger partial charge in [0.2, 0.25) is 5.71 Å². The number of hydrogen-bond acceptors (Lipinski definition) is 6. The minimum Gasteiger partial charge on any atom is -0.441 e. The molecule has 19 heavy (non-hydrogen) atoms. The van der Waals surface area contributed by atoms with E-state index < -0.39 is 0 Å². The number of aryl methyl sites for hydroxylation is 1. The second-order valence-electron chi connectivity index (χ2n) is 3.84. The summed E-state index contributed by atoms with van der Waals surface area (Å²) in [5.41, 5.74) is 4.47. The fourth-order valence-corrected chi connectivity index (χ4v) is 1.56. The highest BCUT2D eigenvalue weighted by Gasteiger charge is 2.05. The van der Waals surface area contributed by atoms with Crippen molar-refractivity contribution in [3.8, 4) is 12.1 Å². The first kappa shape index (κ1) is 12.6. The number of nitrogens with one attached hydrogen (secondary N) is 1. The first-order valence-electron chi connectivity index (χ1n) is 5.80. The normalized spacial score (nSPS) is 9.63. The van der Waals surface area contributed by atoms with Crippen LogP contribution in [0.5, 0.6) is 0 Å². The standard InChI is InChI=1S/C13H11N5O/c1-2-3-13-16-11-5-4-9(6-12(11)19-13)17-18-10(7-14)8-15/h4-6,17H,2-3H2,1H3. The maximum Gasteiger partial charge on any atom is 0.237 e. The summed E-state index contributed by atoms with van der Waals surface area (Å²) in [6.07, 6.45) is 1.76. The van der Waals surface area contributed by atoms with Crippen LogP contribution >= 0.6 is 0 Å². The number of hydrogen-bond donors (Lipinski definition) is 1. The maximum atomic E-state index is 8.57. The van der Waals surface area contributed by atoms with E-state index in [4.69, 9.17) is 14.9 Å². The minimum absolute atomic E-state index is 0.232. The van der Waals surface area contributed by atoms with Crippen molar-refractivity contribution >= 4 is 22.5 Å². The van der Waals surface area contributed by atoms with Gasteiger partial charge in [0.1, 0.15) is 17.7 Å². The van der Waals surface area contributed by atoms with Gasteiger partial charge in [0, 0.05) is 12.5 Å². The molecule has 0 saturated heterocycles. The minimum atomic E-state index is -0.232. The van der Waals surface area contributed by atoms with Gasteiger partial charge in [-0.3, -0.25) is 5.43 Å². The molecule has 0 aliphatic rings. The van der Waals surface area contributed by atoms with Crippen molar-refractivity contribution in [3.05, 3.63) is 24.1 Å². The van der Waals surface area contributed by atoms with Crippen LogP contribution in [0.3, 0.4) is 0 Å². The van der Waals surface area contributed by atoms with Gasteiger partial charge in [-0.15, -0.1) is 0 Å². The first-order chi connectivity index (χ1) is 9.26. The molecule has 1 N–H and O–H groups in total. The SMILES string of the molecule is CCCc1nc2ccc(NN=C(C#N)C#N)cc2o1. The Morgan fingerprint density at radius 1 is 1.42 bits per heavy atom. The van der Waals surface area contributed by atoms with Gasteiger partial charge in [0.05, 0.1) is 5.69 Å². The average molecular weight is 253 g/mol.